The van der Waals surface area contributed by atoms with Gasteiger partial charge in [0.25, 0.3) is 15.9 Å². The number of thiophene rings is 1. The third kappa shape index (κ3) is 4.53. The van der Waals surface area contributed by atoms with E-state index in [0.29, 0.717) is 37.4 Å². The van der Waals surface area contributed by atoms with E-state index in [-0.39, 0.29) is 16.6 Å². The van der Waals surface area contributed by atoms with Gasteiger partial charge in [-0.2, -0.15) is 4.98 Å². The molecular weight excluding hydrogens is 458 g/mol. The summed E-state index contributed by atoms with van der Waals surface area (Å²) in [4.78, 5) is 17.1. The number of hydrogen-bond acceptors (Lipinski definition) is 7. The first-order chi connectivity index (χ1) is 14.7. The van der Waals surface area contributed by atoms with Gasteiger partial charge in [0.1, 0.15) is 4.90 Å². The van der Waals surface area contributed by atoms with Gasteiger partial charge in [0.05, 0.1) is 4.88 Å². The number of rotatable bonds is 6. The molecule has 0 aliphatic carbocycles. The maximum atomic E-state index is 12.9. The summed E-state index contributed by atoms with van der Waals surface area (Å²) in [6.45, 7) is 3.12. The van der Waals surface area contributed by atoms with E-state index in [1.165, 1.54) is 30.4 Å². The smallest absolute Gasteiger partial charge is 0.268 e. The third-order valence-electron chi connectivity index (χ3n) is 4.40. The lowest BCUT2D eigenvalue weighted by molar-refractivity contribution is 0.101. The van der Waals surface area contributed by atoms with Crippen LogP contribution in [0.4, 0.5) is 5.69 Å². The first-order valence-electron chi connectivity index (χ1n) is 9.07. The SMILES string of the molecule is CC(=O)c1cccc(NS(=O)(=O)c2cc(-c3nc(-c4cccc(Cl)c4)no3)sc2C)c1. The summed E-state index contributed by atoms with van der Waals surface area (Å²) in [5.41, 5.74) is 1.42. The van der Waals surface area contributed by atoms with Crippen molar-refractivity contribution in [3.8, 4) is 22.2 Å². The van der Waals surface area contributed by atoms with E-state index in [0.717, 1.165) is 0 Å². The van der Waals surface area contributed by atoms with E-state index >= 15 is 0 Å². The van der Waals surface area contributed by atoms with Gasteiger partial charge in [0, 0.05) is 26.7 Å². The standard InChI is InChI=1S/C21H16ClN3O4S2/c1-12(26)14-5-4-8-17(10-14)25-31(27,28)19-11-18(30-13(19)2)21-23-20(24-29-21)15-6-3-7-16(22)9-15/h3-11,25H,1-2H3. The van der Waals surface area contributed by atoms with Crippen molar-refractivity contribution in [1.82, 2.24) is 10.1 Å². The van der Waals surface area contributed by atoms with Crippen molar-refractivity contribution in [3.05, 3.63) is 70.1 Å². The number of anilines is 1. The number of aromatic nitrogens is 2. The molecule has 0 amide bonds. The summed E-state index contributed by atoms with van der Waals surface area (Å²) in [7, 11) is -3.88. The van der Waals surface area contributed by atoms with Crippen molar-refractivity contribution in [2.45, 2.75) is 18.7 Å². The van der Waals surface area contributed by atoms with Crippen LogP contribution in [-0.4, -0.2) is 24.3 Å². The molecule has 31 heavy (non-hydrogen) atoms. The Morgan fingerprint density at radius 1 is 1.13 bits per heavy atom. The van der Waals surface area contributed by atoms with E-state index in [9.17, 15) is 13.2 Å². The summed E-state index contributed by atoms with van der Waals surface area (Å²) in [6.07, 6.45) is 0. The molecule has 2 aromatic carbocycles. The number of benzene rings is 2. The Morgan fingerprint density at radius 3 is 2.65 bits per heavy atom. The van der Waals surface area contributed by atoms with Crippen LogP contribution in [0.25, 0.3) is 22.2 Å². The lowest BCUT2D eigenvalue weighted by atomic mass is 10.1. The highest BCUT2D eigenvalue weighted by molar-refractivity contribution is 7.93. The van der Waals surface area contributed by atoms with Gasteiger partial charge in [-0.05, 0) is 44.2 Å². The van der Waals surface area contributed by atoms with Crippen LogP contribution in [0.2, 0.25) is 5.02 Å². The molecule has 158 valence electrons. The predicted molar refractivity (Wildman–Crippen MR) is 120 cm³/mol. The molecule has 2 aromatic heterocycles. The van der Waals surface area contributed by atoms with Crippen LogP contribution in [0.3, 0.4) is 0 Å². The maximum Gasteiger partial charge on any atom is 0.268 e. The van der Waals surface area contributed by atoms with Crippen LogP contribution in [0.5, 0.6) is 0 Å². The van der Waals surface area contributed by atoms with E-state index in [1.807, 2.05) is 0 Å². The monoisotopic (exact) mass is 473 g/mol. The second-order valence-electron chi connectivity index (χ2n) is 6.71. The van der Waals surface area contributed by atoms with E-state index in [2.05, 4.69) is 14.9 Å². The zero-order valence-electron chi connectivity index (χ0n) is 16.4. The number of hydrogen-bond donors (Lipinski definition) is 1. The number of sulfonamides is 1. The number of nitrogens with zero attached hydrogens (tertiary/aromatic N) is 2. The Bertz CT molecular complexity index is 1390. The van der Waals surface area contributed by atoms with Gasteiger partial charge in [-0.3, -0.25) is 9.52 Å². The van der Waals surface area contributed by atoms with Gasteiger partial charge in [-0.15, -0.1) is 11.3 Å². The highest BCUT2D eigenvalue weighted by Gasteiger charge is 2.23. The predicted octanol–water partition coefficient (Wildman–Crippen LogP) is 5.43. The molecule has 0 unspecified atom stereocenters. The third-order valence-corrected chi connectivity index (χ3v) is 7.31. The Kier molecular flexibility index (Phi) is 5.65. The van der Waals surface area contributed by atoms with Crippen LogP contribution in [0, 0.1) is 6.92 Å². The van der Waals surface area contributed by atoms with Crippen LogP contribution in [0.1, 0.15) is 22.2 Å². The van der Waals surface area contributed by atoms with Crippen LogP contribution in [-0.2, 0) is 10.0 Å². The summed E-state index contributed by atoms with van der Waals surface area (Å²) >= 11 is 7.24. The molecule has 4 aromatic rings. The van der Waals surface area contributed by atoms with E-state index < -0.39 is 10.0 Å². The quantitative estimate of drug-likeness (QED) is 0.374. The van der Waals surface area contributed by atoms with Crippen LogP contribution in [0.15, 0.2) is 64.0 Å². The summed E-state index contributed by atoms with van der Waals surface area (Å²) in [5.74, 6) is 0.414. The molecule has 0 aliphatic rings. The highest BCUT2D eigenvalue weighted by atomic mass is 35.5. The second kappa shape index (κ2) is 8.26. The van der Waals surface area contributed by atoms with E-state index in [4.69, 9.17) is 16.1 Å². The molecule has 4 rings (SSSR count). The first-order valence-corrected chi connectivity index (χ1v) is 11.7. The fraction of sp³-hybridized carbons (Fsp3) is 0.0952. The molecule has 0 saturated carbocycles. The molecule has 0 radical (unpaired) electrons. The molecule has 1 N–H and O–H groups in total. The molecule has 2 heterocycles. The van der Waals surface area contributed by atoms with Crippen molar-refractivity contribution in [2.75, 3.05) is 4.72 Å². The molecule has 0 atom stereocenters. The molecule has 0 spiro atoms. The molecule has 0 aliphatic heterocycles. The number of nitrogens with one attached hydrogen (secondary N) is 1. The van der Waals surface area contributed by atoms with Gasteiger partial charge in [-0.25, -0.2) is 8.42 Å². The Labute approximate surface area is 187 Å². The van der Waals surface area contributed by atoms with Crippen molar-refractivity contribution in [3.63, 3.8) is 0 Å². The zero-order chi connectivity index (χ0) is 22.2. The van der Waals surface area contributed by atoms with Gasteiger partial charge >= 0.3 is 0 Å². The van der Waals surface area contributed by atoms with E-state index in [1.54, 1.807) is 49.4 Å². The van der Waals surface area contributed by atoms with Crippen molar-refractivity contribution >= 4 is 44.4 Å². The minimum absolute atomic E-state index is 0.100. The topological polar surface area (TPSA) is 102 Å². The number of halogens is 1. The highest BCUT2D eigenvalue weighted by Crippen LogP contribution is 2.34. The number of carbonyl (C=O) groups is 1. The maximum absolute atomic E-state index is 12.9. The Hall–Kier alpha value is -3.01. The average Bonchev–Trinajstić information content (AvgIpc) is 3.35. The van der Waals surface area contributed by atoms with Crippen molar-refractivity contribution in [2.24, 2.45) is 0 Å². The summed E-state index contributed by atoms with van der Waals surface area (Å²) < 4.78 is 33.7. The molecule has 7 nitrogen and oxygen atoms in total. The van der Waals surface area contributed by atoms with Crippen LogP contribution >= 0.6 is 22.9 Å². The minimum atomic E-state index is -3.88. The largest absolute Gasteiger partial charge is 0.333 e. The number of ketones is 1. The fourth-order valence-electron chi connectivity index (χ4n) is 2.92. The Balaban J connectivity index is 1.63. The molecular formula is C21H16ClN3O4S2. The van der Waals surface area contributed by atoms with Gasteiger partial charge in [0.2, 0.25) is 5.82 Å². The van der Waals surface area contributed by atoms with Crippen LogP contribution < -0.4 is 4.72 Å². The molecule has 0 fully saturated rings. The van der Waals surface area contributed by atoms with Gasteiger partial charge in [0.15, 0.2) is 5.78 Å². The van der Waals surface area contributed by atoms with Crippen molar-refractivity contribution < 1.29 is 17.7 Å². The zero-order valence-corrected chi connectivity index (χ0v) is 18.8. The van der Waals surface area contributed by atoms with Crippen molar-refractivity contribution in [1.29, 1.82) is 0 Å². The summed E-state index contributed by atoms with van der Waals surface area (Å²) in [5, 5.41) is 4.51. The first kappa shape index (κ1) is 21.2. The lowest BCUT2D eigenvalue weighted by Gasteiger charge is -2.08. The fourth-order valence-corrected chi connectivity index (χ4v) is 5.67. The molecule has 10 heteroatoms. The Morgan fingerprint density at radius 2 is 1.90 bits per heavy atom. The number of aryl methyl sites for hydroxylation is 1. The van der Waals surface area contributed by atoms with Gasteiger partial charge < -0.3 is 4.52 Å². The molecule has 0 bridgehead atoms. The minimum Gasteiger partial charge on any atom is -0.333 e. The second-order valence-corrected chi connectivity index (χ2v) is 10.1. The van der Waals surface area contributed by atoms with Gasteiger partial charge in [-0.1, -0.05) is 41.0 Å². The average molecular weight is 474 g/mol. The summed E-state index contributed by atoms with van der Waals surface area (Å²) in [6, 6.07) is 14.9. The number of carbonyl (C=O) groups excluding carboxylic acids is 1. The number of Topliss-reactive ketones (excluding diaryl/α,β-unsaturated/α-hetero) is 1. The normalized spacial score (nSPS) is 11.5. The lowest BCUT2D eigenvalue weighted by Crippen LogP contribution is -2.13. The molecule has 0 saturated heterocycles.